The van der Waals surface area contributed by atoms with Crippen LogP contribution in [0.3, 0.4) is 0 Å². The first-order valence-electron chi connectivity index (χ1n) is 11.3. The highest BCUT2D eigenvalue weighted by Gasteiger charge is 2.33. The Balaban J connectivity index is 1.24. The molecule has 2 amide bonds. The molecule has 6 nitrogen and oxygen atoms in total. The zero-order valence-electron chi connectivity index (χ0n) is 18.3. The predicted octanol–water partition coefficient (Wildman–Crippen LogP) is 3.94. The molecule has 166 valence electrons. The number of aryl methyl sites for hydroxylation is 1. The molecule has 1 atom stereocenters. The van der Waals surface area contributed by atoms with Crippen LogP contribution in [0, 0.1) is 0 Å². The lowest BCUT2D eigenvalue weighted by Crippen LogP contribution is -2.50. The summed E-state index contributed by atoms with van der Waals surface area (Å²) in [6, 6.07) is 16.3. The second-order valence-electron chi connectivity index (χ2n) is 8.32. The Kier molecular flexibility index (Phi) is 5.83. The van der Waals surface area contributed by atoms with E-state index in [1.54, 1.807) is 0 Å². The van der Waals surface area contributed by atoms with Gasteiger partial charge in [0.1, 0.15) is 0 Å². The maximum Gasteiger partial charge on any atom is 0.253 e. The van der Waals surface area contributed by atoms with E-state index < -0.39 is 0 Å². The van der Waals surface area contributed by atoms with Gasteiger partial charge < -0.3 is 9.80 Å². The van der Waals surface area contributed by atoms with Gasteiger partial charge in [0.2, 0.25) is 5.91 Å². The highest BCUT2D eigenvalue weighted by atomic mass is 32.2. The van der Waals surface area contributed by atoms with Gasteiger partial charge in [0.15, 0.2) is 0 Å². The quantitative estimate of drug-likeness (QED) is 0.666. The standard InChI is InChI=1S/C25H28N4O2S/c1-2-28-26-15-18-32(28)22-10-7-20(8-11-22)25(31)27-16-13-21(14-17-27)29-23-6-4-3-5-19(23)9-12-24(29)30/h3-8,10-11,15,18,21H,2,9,12-14,16-17H2,1H3. The lowest BCUT2D eigenvalue weighted by Gasteiger charge is -2.41. The van der Waals surface area contributed by atoms with Crippen LogP contribution in [0.4, 0.5) is 5.69 Å². The molecule has 0 bridgehead atoms. The Morgan fingerprint density at radius 1 is 1.06 bits per heavy atom. The molecule has 5 rings (SSSR count). The fraction of sp³-hybridized carbons (Fsp3) is 0.360. The highest BCUT2D eigenvalue weighted by molar-refractivity contribution is 8.14. The molecule has 0 saturated carbocycles. The van der Waals surface area contributed by atoms with Crippen LogP contribution in [0.25, 0.3) is 0 Å². The number of nitrogens with zero attached hydrogens (tertiary/aromatic N) is 4. The minimum Gasteiger partial charge on any atom is -0.338 e. The summed E-state index contributed by atoms with van der Waals surface area (Å²) in [4.78, 5) is 30.9. The number of hydrogen-bond acceptors (Lipinski definition) is 4. The highest BCUT2D eigenvalue weighted by Crippen LogP contribution is 2.34. The van der Waals surface area contributed by atoms with Crippen LogP contribution >= 0.6 is 10.7 Å². The minimum atomic E-state index is -0.160. The second kappa shape index (κ2) is 8.90. The van der Waals surface area contributed by atoms with Gasteiger partial charge in [-0.05, 0) is 72.8 Å². The third-order valence-corrected chi connectivity index (χ3v) is 8.41. The fourth-order valence-corrected chi connectivity index (χ4v) is 6.36. The number of carbonyl (C=O) groups excluding carboxylic acids is 2. The zero-order valence-corrected chi connectivity index (χ0v) is 19.1. The molecule has 0 N–H and O–H groups in total. The van der Waals surface area contributed by atoms with Crippen molar-refractivity contribution in [3.63, 3.8) is 0 Å². The maximum absolute atomic E-state index is 13.1. The van der Waals surface area contributed by atoms with Crippen molar-refractivity contribution < 1.29 is 9.59 Å². The molecule has 0 spiro atoms. The summed E-state index contributed by atoms with van der Waals surface area (Å²) in [6.45, 7) is 4.30. The van der Waals surface area contributed by atoms with Crippen molar-refractivity contribution in [3.8, 4) is 0 Å². The third kappa shape index (κ3) is 3.86. The third-order valence-electron chi connectivity index (χ3n) is 6.47. The van der Waals surface area contributed by atoms with E-state index in [0.717, 1.165) is 37.1 Å². The van der Waals surface area contributed by atoms with Crippen LogP contribution in [0.1, 0.15) is 42.1 Å². The molecule has 0 aliphatic carbocycles. The number of para-hydroxylation sites is 1. The average Bonchev–Trinajstić information content (AvgIpc) is 3.33. The number of carbonyl (C=O) groups is 2. The Bertz CT molecular complexity index is 1090. The van der Waals surface area contributed by atoms with Gasteiger partial charge in [0.25, 0.3) is 5.91 Å². The van der Waals surface area contributed by atoms with Gasteiger partial charge in [0, 0.05) is 53.6 Å². The summed E-state index contributed by atoms with van der Waals surface area (Å²) < 4.78 is 2.06. The van der Waals surface area contributed by atoms with Crippen LogP contribution in [-0.2, 0) is 11.2 Å². The van der Waals surface area contributed by atoms with Crippen molar-refractivity contribution in [3.05, 3.63) is 59.7 Å². The molecule has 3 aliphatic heterocycles. The smallest absolute Gasteiger partial charge is 0.253 e. The second-order valence-corrected chi connectivity index (χ2v) is 10.1. The van der Waals surface area contributed by atoms with E-state index in [0.29, 0.717) is 19.5 Å². The number of anilines is 1. The predicted molar refractivity (Wildman–Crippen MR) is 130 cm³/mol. The van der Waals surface area contributed by atoms with Crippen molar-refractivity contribution in [1.82, 2.24) is 9.31 Å². The molecule has 2 aromatic rings. The van der Waals surface area contributed by atoms with Crippen molar-refractivity contribution in [1.29, 1.82) is 0 Å². The molecule has 0 aromatic heterocycles. The first-order valence-corrected chi connectivity index (χ1v) is 12.6. The molecule has 1 fully saturated rings. The number of hydrogen-bond donors (Lipinski definition) is 0. The van der Waals surface area contributed by atoms with E-state index in [1.165, 1.54) is 10.5 Å². The largest absolute Gasteiger partial charge is 0.338 e. The van der Waals surface area contributed by atoms with Crippen LogP contribution in [0.15, 0.2) is 58.5 Å². The summed E-state index contributed by atoms with van der Waals surface area (Å²) in [5, 5.41) is 6.47. The van der Waals surface area contributed by atoms with E-state index >= 15 is 0 Å². The van der Waals surface area contributed by atoms with Gasteiger partial charge in [0.05, 0.1) is 6.21 Å². The Labute approximate surface area is 191 Å². The van der Waals surface area contributed by atoms with Crippen LogP contribution in [0.2, 0.25) is 0 Å². The number of likely N-dealkylation sites (tertiary alicyclic amines) is 1. The molecule has 1 unspecified atom stereocenters. The molecule has 3 aliphatic rings. The maximum atomic E-state index is 13.1. The molecule has 0 radical (unpaired) electrons. The van der Waals surface area contributed by atoms with E-state index in [-0.39, 0.29) is 28.5 Å². The van der Waals surface area contributed by atoms with Crippen molar-refractivity contribution in [2.75, 3.05) is 24.5 Å². The lowest BCUT2D eigenvalue weighted by atomic mass is 9.95. The van der Waals surface area contributed by atoms with Gasteiger partial charge >= 0.3 is 0 Å². The average molecular weight is 449 g/mol. The van der Waals surface area contributed by atoms with E-state index in [4.69, 9.17) is 0 Å². The van der Waals surface area contributed by atoms with Crippen molar-refractivity contribution >= 4 is 39.8 Å². The number of amides is 2. The van der Waals surface area contributed by atoms with Crippen LogP contribution in [-0.4, -0.2) is 58.4 Å². The summed E-state index contributed by atoms with van der Waals surface area (Å²) in [7, 11) is -0.160. The molecule has 7 heteroatoms. The monoisotopic (exact) mass is 448 g/mol. The number of piperidine rings is 1. The topological polar surface area (TPSA) is 56.2 Å². The molecule has 3 heterocycles. The molecular formula is C25H28N4O2S. The van der Waals surface area contributed by atoms with E-state index in [2.05, 4.69) is 33.9 Å². The van der Waals surface area contributed by atoms with E-state index in [1.807, 2.05) is 52.4 Å². The number of fused-ring (bicyclic) bond motifs is 1. The van der Waals surface area contributed by atoms with Crippen LogP contribution < -0.4 is 4.90 Å². The summed E-state index contributed by atoms with van der Waals surface area (Å²) in [5.41, 5.74) is 3.02. The van der Waals surface area contributed by atoms with Gasteiger partial charge in [-0.25, -0.2) is 4.41 Å². The van der Waals surface area contributed by atoms with Gasteiger partial charge in [-0.3, -0.25) is 9.59 Å². The summed E-state index contributed by atoms with van der Waals surface area (Å²) in [5.74, 6) is 0.279. The Morgan fingerprint density at radius 2 is 1.81 bits per heavy atom. The van der Waals surface area contributed by atoms with Crippen molar-refractivity contribution in [2.24, 2.45) is 5.10 Å². The van der Waals surface area contributed by atoms with Gasteiger partial charge in [-0.1, -0.05) is 18.2 Å². The zero-order chi connectivity index (χ0) is 22.1. The number of rotatable bonds is 4. The van der Waals surface area contributed by atoms with Gasteiger partial charge in [-0.15, -0.1) is 0 Å². The van der Waals surface area contributed by atoms with Gasteiger partial charge in [-0.2, -0.15) is 5.10 Å². The first kappa shape index (κ1) is 20.9. The molecular weight excluding hydrogens is 420 g/mol. The minimum absolute atomic E-state index is 0.0719. The Morgan fingerprint density at radius 3 is 2.56 bits per heavy atom. The fourth-order valence-electron chi connectivity index (χ4n) is 4.80. The summed E-state index contributed by atoms with van der Waals surface area (Å²) >= 11 is 0. The first-order chi connectivity index (χ1) is 15.7. The van der Waals surface area contributed by atoms with Crippen LogP contribution in [0.5, 0.6) is 0 Å². The van der Waals surface area contributed by atoms with Crippen molar-refractivity contribution in [2.45, 2.75) is 43.5 Å². The summed E-state index contributed by atoms with van der Waals surface area (Å²) in [6.07, 6.45) is 4.86. The molecule has 2 aromatic carbocycles. The lowest BCUT2D eigenvalue weighted by molar-refractivity contribution is -0.119. The van der Waals surface area contributed by atoms with E-state index in [9.17, 15) is 9.59 Å². The normalized spacial score (nSPS) is 21.0. The number of benzene rings is 2. The Hall–Kier alpha value is -2.93. The molecule has 1 saturated heterocycles. The molecule has 32 heavy (non-hydrogen) atoms. The SMILES string of the molecule is CCN1N=CC=S1c1ccc(C(=O)N2CCC(N3C(=O)CCc4ccccc43)CC2)cc1. The number of hydrazone groups is 1.